The molecule has 0 aliphatic carbocycles. The normalized spacial score (nSPS) is 12.8. The number of rotatable bonds is 2. The molecule has 1 unspecified atom stereocenters. The Kier molecular flexibility index (Phi) is 3.85. The van der Waals surface area contributed by atoms with Gasteiger partial charge in [-0.3, -0.25) is 0 Å². The van der Waals surface area contributed by atoms with Gasteiger partial charge in [0.1, 0.15) is 0 Å². The van der Waals surface area contributed by atoms with Crippen molar-refractivity contribution < 1.29 is 0 Å². The van der Waals surface area contributed by atoms with Gasteiger partial charge in [0, 0.05) is 14.3 Å². The van der Waals surface area contributed by atoms with Crippen LogP contribution in [0.1, 0.15) is 22.7 Å². The zero-order valence-corrected chi connectivity index (χ0v) is 12.7. The van der Waals surface area contributed by atoms with Crippen molar-refractivity contribution in [2.75, 3.05) is 0 Å². The summed E-state index contributed by atoms with van der Waals surface area (Å²) in [6.07, 6.45) is 0. The second-order valence-electron chi connectivity index (χ2n) is 3.66. The van der Waals surface area contributed by atoms with Gasteiger partial charge in [0.05, 0.1) is 6.04 Å². The Morgan fingerprint density at radius 1 is 1.19 bits per heavy atom. The lowest BCUT2D eigenvalue weighted by Gasteiger charge is -2.12. The monoisotopic (exact) mass is 359 g/mol. The maximum Gasteiger partial charge on any atom is 0.0571 e. The topological polar surface area (TPSA) is 26.0 Å². The Bertz CT molecular complexity index is 507. The standard InChI is InChI=1S/C12H11Br2NS/c1-7-4-8(2-3-10(7)13)12(15)9-5-16-6-11(9)14/h2-6,12H,15H2,1H3. The van der Waals surface area contributed by atoms with Crippen molar-refractivity contribution in [1.82, 2.24) is 0 Å². The van der Waals surface area contributed by atoms with Crippen LogP contribution in [0.15, 0.2) is 37.9 Å². The number of halogens is 2. The summed E-state index contributed by atoms with van der Waals surface area (Å²) in [5, 5.41) is 4.15. The molecule has 84 valence electrons. The highest BCUT2D eigenvalue weighted by molar-refractivity contribution is 9.10. The number of hydrogen-bond acceptors (Lipinski definition) is 2. The van der Waals surface area contributed by atoms with Gasteiger partial charge in [-0.1, -0.05) is 28.1 Å². The summed E-state index contributed by atoms with van der Waals surface area (Å²) in [4.78, 5) is 0. The second kappa shape index (κ2) is 5.00. The molecule has 0 saturated heterocycles. The lowest BCUT2D eigenvalue weighted by molar-refractivity contribution is 0.869. The average molecular weight is 361 g/mol. The van der Waals surface area contributed by atoms with E-state index in [0.717, 1.165) is 20.1 Å². The van der Waals surface area contributed by atoms with Crippen LogP contribution in [0.2, 0.25) is 0 Å². The molecule has 1 nitrogen and oxygen atoms in total. The van der Waals surface area contributed by atoms with Gasteiger partial charge in [-0.15, -0.1) is 0 Å². The van der Waals surface area contributed by atoms with Crippen LogP contribution in [0.5, 0.6) is 0 Å². The van der Waals surface area contributed by atoms with Crippen LogP contribution in [-0.2, 0) is 0 Å². The van der Waals surface area contributed by atoms with Gasteiger partial charge in [-0.2, -0.15) is 11.3 Å². The molecule has 0 spiro atoms. The highest BCUT2D eigenvalue weighted by Gasteiger charge is 2.13. The Labute approximate surface area is 116 Å². The predicted molar refractivity (Wildman–Crippen MR) is 76.9 cm³/mol. The van der Waals surface area contributed by atoms with E-state index < -0.39 is 0 Å². The highest BCUT2D eigenvalue weighted by Crippen LogP contribution is 2.31. The van der Waals surface area contributed by atoms with E-state index in [-0.39, 0.29) is 6.04 Å². The summed E-state index contributed by atoms with van der Waals surface area (Å²) < 4.78 is 2.21. The maximum atomic E-state index is 6.24. The minimum absolute atomic E-state index is 0.0626. The van der Waals surface area contributed by atoms with E-state index in [2.05, 4.69) is 61.7 Å². The van der Waals surface area contributed by atoms with Gasteiger partial charge in [0.2, 0.25) is 0 Å². The summed E-state index contributed by atoms with van der Waals surface area (Å²) in [6.45, 7) is 2.07. The molecule has 0 saturated carbocycles. The highest BCUT2D eigenvalue weighted by atomic mass is 79.9. The van der Waals surface area contributed by atoms with Crippen molar-refractivity contribution in [3.05, 3.63) is 54.6 Å². The molecule has 0 aliphatic heterocycles. The van der Waals surface area contributed by atoms with Crippen LogP contribution in [0.3, 0.4) is 0 Å². The molecule has 0 fully saturated rings. The van der Waals surface area contributed by atoms with Gasteiger partial charge in [-0.05, 0) is 51.0 Å². The molecule has 16 heavy (non-hydrogen) atoms. The fourth-order valence-corrected chi connectivity index (χ4v) is 3.38. The predicted octanol–water partition coefficient (Wildman–Crippen LogP) is 4.63. The van der Waals surface area contributed by atoms with Crippen LogP contribution >= 0.6 is 43.2 Å². The fraction of sp³-hybridized carbons (Fsp3) is 0.167. The van der Waals surface area contributed by atoms with E-state index in [0.29, 0.717) is 0 Å². The van der Waals surface area contributed by atoms with E-state index in [1.54, 1.807) is 11.3 Å². The van der Waals surface area contributed by atoms with Crippen LogP contribution in [0, 0.1) is 6.92 Å². The molecule has 2 rings (SSSR count). The number of benzene rings is 1. The first-order valence-electron chi connectivity index (χ1n) is 4.83. The zero-order chi connectivity index (χ0) is 11.7. The lowest BCUT2D eigenvalue weighted by atomic mass is 10.0. The molecule has 0 bridgehead atoms. The molecular formula is C12H11Br2NS. The van der Waals surface area contributed by atoms with Crippen molar-refractivity contribution in [2.45, 2.75) is 13.0 Å². The maximum absolute atomic E-state index is 6.24. The summed E-state index contributed by atoms with van der Waals surface area (Å²) in [7, 11) is 0. The van der Waals surface area contributed by atoms with Crippen LogP contribution in [0.25, 0.3) is 0 Å². The Hall–Kier alpha value is -0.160. The Balaban J connectivity index is 2.38. The molecule has 2 N–H and O–H groups in total. The SMILES string of the molecule is Cc1cc(C(N)c2cscc2Br)ccc1Br. The van der Waals surface area contributed by atoms with Crippen molar-refractivity contribution in [3.8, 4) is 0 Å². The van der Waals surface area contributed by atoms with Gasteiger partial charge in [-0.25, -0.2) is 0 Å². The van der Waals surface area contributed by atoms with Crippen molar-refractivity contribution >= 4 is 43.2 Å². The second-order valence-corrected chi connectivity index (χ2v) is 6.11. The lowest BCUT2D eigenvalue weighted by Crippen LogP contribution is -2.11. The summed E-state index contributed by atoms with van der Waals surface area (Å²) in [5.41, 5.74) is 9.73. The van der Waals surface area contributed by atoms with E-state index in [4.69, 9.17) is 5.73 Å². The molecule has 0 radical (unpaired) electrons. The molecular weight excluding hydrogens is 350 g/mol. The largest absolute Gasteiger partial charge is 0.320 e. The third-order valence-corrected chi connectivity index (χ3v) is 5.16. The number of hydrogen-bond donors (Lipinski definition) is 1. The quantitative estimate of drug-likeness (QED) is 0.830. The van der Waals surface area contributed by atoms with Crippen molar-refractivity contribution in [2.24, 2.45) is 5.73 Å². The summed E-state index contributed by atoms with van der Waals surface area (Å²) in [5.74, 6) is 0. The first-order valence-corrected chi connectivity index (χ1v) is 7.35. The minimum atomic E-state index is -0.0626. The van der Waals surface area contributed by atoms with Crippen LogP contribution in [0.4, 0.5) is 0 Å². The van der Waals surface area contributed by atoms with Crippen LogP contribution < -0.4 is 5.73 Å². The summed E-state index contributed by atoms with van der Waals surface area (Å²) >= 11 is 8.67. The minimum Gasteiger partial charge on any atom is -0.320 e. The smallest absolute Gasteiger partial charge is 0.0571 e. The van der Waals surface area contributed by atoms with Crippen molar-refractivity contribution in [1.29, 1.82) is 0 Å². The molecule has 1 atom stereocenters. The number of thiophene rings is 1. The third kappa shape index (κ3) is 2.40. The first-order chi connectivity index (χ1) is 7.59. The number of nitrogens with two attached hydrogens (primary N) is 1. The van der Waals surface area contributed by atoms with E-state index in [1.165, 1.54) is 5.56 Å². The molecule has 0 aliphatic rings. The average Bonchev–Trinajstić information content (AvgIpc) is 2.67. The van der Waals surface area contributed by atoms with E-state index >= 15 is 0 Å². The Morgan fingerprint density at radius 3 is 2.50 bits per heavy atom. The van der Waals surface area contributed by atoms with Gasteiger partial charge in [0.25, 0.3) is 0 Å². The fourth-order valence-electron chi connectivity index (χ4n) is 1.55. The molecule has 1 aromatic heterocycles. The van der Waals surface area contributed by atoms with Gasteiger partial charge in [0.15, 0.2) is 0 Å². The van der Waals surface area contributed by atoms with Gasteiger partial charge >= 0.3 is 0 Å². The van der Waals surface area contributed by atoms with E-state index in [1.807, 2.05) is 6.07 Å². The molecule has 4 heteroatoms. The number of aryl methyl sites for hydroxylation is 1. The molecule has 0 amide bonds. The van der Waals surface area contributed by atoms with Gasteiger partial charge < -0.3 is 5.73 Å². The van der Waals surface area contributed by atoms with Crippen molar-refractivity contribution in [3.63, 3.8) is 0 Å². The van der Waals surface area contributed by atoms with Crippen LogP contribution in [-0.4, -0.2) is 0 Å². The third-order valence-electron chi connectivity index (χ3n) is 2.52. The Morgan fingerprint density at radius 2 is 1.94 bits per heavy atom. The van der Waals surface area contributed by atoms with E-state index in [9.17, 15) is 0 Å². The zero-order valence-electron chi connectivity index (χ0n) is 8.71. The molecule has 1 aromatic carbocycles. The first kappa shape index (κ1) is 12.3. The molecule has 1 heterocycles. The summed E-state index contributed by atoms with van der Waals surface area (Å²) in [6, 6.07) is 6.17. The molecule has 2 aromatic rings.